The molecule has 0 aliphatic carbocycles. The first-order valence-corrected chi connectivity index (χ1v) is 9.46. The van der Waals surface area contributed by atoms with Gasteiger partial charge in [0.2, 0.25) is 5.75 Å². The van der Waals surface area contributed by atoms with E-state index < -0.39 is 0 Å². The number of hydrogen-bond acceptors (Lipinski definition) is 5. The molecular weight excluding hydrogens is 366 g/mol. The molecule has 0 bridgehead atoms. The first kappa shape index (κ1) is 22.1. The van der Waals surface area contributed by atoms with Gasteiger partial charge >= 0.3 is 0 Å². The number of benzene rings is 2. The second-order valence-electron chi connectivity index (χ2n) is 6.87. The monoisotopic (exact) mass is 395 g/mol. The summed E-state index contributed by atoms with van der Waals surface area (Å²) in [5.41, 5.74) is 4.05. The lowest BCUT2D eigenvalue weighted by atomic mass is 10.1. The minimum absolute atomic E-state index is 0.0348. The molecular formula is C24H29NO4. The van der Waals surface area contributed by atoms with Crippen LogP contribution in [0.4, 0.5) is 5.69 Å². The Morgan fingerprint density at radius 2 is 1.66 bits per heavy atom. The van der Waals surface area contributed by atoms with Gasteiger partial charge in [0.05, 0.1) is 20.8 Å². The topological polar surface area (TPSA) is 56.8 Å². The SMILES string of the molecule is COc1cc(/C=C/C(=O)CNc2ccc(C)cc2)cc(OC)c1OCC=C(C)C. The molecule has 29 heavy (non-hydrogen) atoms. The molecule has 5 heteroatoms. The van der Waals surface area contributed by atoms with Crippen LogP contribution >= 0.6 is 0 Å². The van der Waals surface area contributed by atoms with E-state index in [2.05, 4.69) is 5.32 Å². The van der Waals surface area contributed by atoms with Gasteiger partial charge in [-0.25, -0.2) is 0 Å². The van der Waals surface area contributed by atoms with Crippen LogP contribution in [0.15, 0.2) is 54.1 Å². The van der Waals surface area contributed by atoms with E-state index in [1.165, 1.54) is 11.1 Å². The molecule has 0 aliphatic heterocycles. The number of allylic oxidation sites excluding steroid dienone is 1. The van der Waals surface area contributed by atoms with Crippen molar-refractivity contribution in [1.29, 1.82) is 0 Å². The highest BCUT2D eigenvalue weighted by atomic mass is 16.5. The number of hydrogen-bond donors (Lipinski definition) is 1. The van der Waals surface area contributed by atoms with Gasteiger partial charge in [-0.05, 0) is 62.8 Å². The maximum atomic E-state index is 12.2. The summed E-state index contributed by atoms with van der Waals surface area (Å²) in [5.74, 6) is 1.61. The highest BCUT2D eigenvalue weighted by Gasteiger charge is 2.13. The fraction of sp³-hybridized carbons (Fsp3) is 0.292. The molecule has 2 aromatic carbocycles. The molecule has 0 fully saturated rings. The van der Waals surface area contributed by atoms with Gasteiger partial charge in [0.25, 0.3) is 0 Å². The maximum absolute atomic E-state index is 12.2. The van der Waals surface area contributed by atoms with E-state index >= 15 is 0 Å². The Balaban J connectivity index is 2.07. The van der Waals surface area contributed by atoms with E-state index in [4.69, 9.17) is 14.2 Å². The molecule has 1 N–H and O–H groups in total. The van der Waals surface area contributed by atoms with Crippen LogP contribution in [0.3, 0.4) is 0 Å². The van der Waals surface area contributed by atoms with Crippen LogP contribution in [0, 0.1) is 6.92 Å². The first-order valence-electron chi connectivity index (χ1n) is 9.46. The number of carbonyl (C=O) groups excluding carboxylic acids is 1. The Hall–Kier alpha value is -3.21. The van der Waals surface area contributed by atoms with Crippen molar-refractivity contribution in [3.8, 4) is 17.2 Å². The fourth-order valence-corrected chi connectivity index (χ4v) is 2.54. The van der Waals surface area contributed by atoms with E-state index in [-0.39, 0.29) is 12.3 Å². The van der Waals surface area contributed by atoms with Crippen LogP contribution in [0.5, 0.6) is 17.2 Å². The number of ether oxygens (including phenoxy) is 3. The predicted molar refractivity (Wildman–Crippen MR) is 118 cm³/mol. The van der Waals surface area contributed by atoms with Gasteiger partial charge in [0, 0.05) is 5.69 Å². The third-order valence-electron chi connectivity index (χ3n) is 4.18. The zero-order valence-corrected chi connectivity index (χ0v) is 17.7. The highest BCUT2D eigenvalue weighted by Crippen LogP contribution is 2.39. The van der Waals surface area contributed by atoms with Crippen LogP contribution < -0.4 is 19.5 Å². The van der Waals surface area contributed by atoms with Crippen molar-refractivity contribution < 1.29 is 19.0 Å². The summed E-state index contributed by atoms with van der Waals surface area (Å²) in [5, 5.41) is 3.12. The quantitative estimate of drug-likeness (QED) is 0.451. The number of rotatable bonds is 10. The lowest BCUT2D eigenvalue weighted by Crippen LogP contribution is -2.10. The van der Waals surface area contributed by atoms with Gasteiger partial charge in [-0.1, -0.05) is 29.3 Å². The molecule has 0 spiro atoms. The summed E-state index contributed by atoms with van der Waals surface area (Å²) < 4.78 is 16.7. The molecule has 2 aromatic rings. The van der Waals surface area contributed by atoms with Crippen LogP contribution in [0.1, 0.15) is 25.0 Å². The Kier molecular flexibility index (Phi) is 8.34. The Bertz CT molecular complexity index is 853. The highest BCUT2D eigenvalue weighted by molar-refractivity contribution is 5.96. The zero-order valence-electron chi connectivity index (χ0n) is 17.7. The molecule has 2 rings (SSSR count). The van der Waals surface area contributed by atoms with E-state index in [1.54, 1.807) is 26.4 Å². The number of methoxy groups -OCH3 is 2. The largest absolute Gasteiger partial charge is 0.493 e. The molecule has 0 unspecified atom stereocenters. The van der Waals surface area contributed by atoms with Crippen molar-refractivity contribution in [2.45, 2.75) is 20.8 Å². The van der Waals surface area contributed by atoms with Crippen LogP contribution in [-0.4, -0.2) is 33.2 Å². The van der Waals surface area contributed by atoms with Crippen LogP contribution in [0.25, 0.3) is 6.08 Å². The average molecular weight is 395 g/mol. The molecule has 0 saturated heterocycles. The minimum Gasteiger partial charge on any atom is -0.493 e. The average Bonchev–Trinajstić information content (AvgIpc) is 2.71. The smallest absolute Gasteiger partial charge is 0.203 e. The third kappa shape index (κ3) is 7.03. The Morgan fingerprint density at radius 3 is 2.21 bits per heavy atom. The molecule has 0 saturated carbocycles. The summed E-state index contributed by atoms with van der Waals surface area (Å²) in [6.07, 6.45) is 5.26. The first-order chi connectivity index (χ1) is 13.9. The van der Waals surface area contributed by atoms with Gasteiger partial charge in [-0.3, -0.25) is 4.79 Å². The van der Waals surface area contributed by atoms with E-state index in [0.717, 1.165) is 11.3 Å². The summed E-state index contributed by atoms with van der Waals surface area (Å²) in [7, 11) is 3.15. The number of ketones is 1. The molecule has 0 aromatic heterocycles. The Morgan fingerprint density at radius 1 is 1.03 bits per heavy atom. The van der Waals surface area contributed by atoms with Crippen molar-refractivity contribution in [1.82, 2.24) is 0 Å². The molecule has 0 radical (unpaired) electrons. The Labute approximate surface area is 173 Å². The van der Waals surface area contributed by atoms with Gasteiger partial charge in [0.15, 0.2) is 17.3 Å². The maximum Gasteiger partial charge on any atom is 0.203 e. The number of nitrogens with one attached hydrogen (secondary N) is 1. The second kappa shape index (κ2) is 11.0. The third-order valence-corrected chi connectivity index (χ3v) is 4.18. The van der Waals surface area contributed by atoms with Crippen molar-refractivity contribution in [2.75, 3.05) is 32.7 Å². The number of carbonyl (C=O) groups is 1. The number of aryl methyl sites for hydroxylation is 1. The molecule has 0 atom stereocenters. The van der Waals surface area contributed by atoms with Crippen molar-refractivity contribution in [3.63, 3.8) is 0 Å². The van der Waals surface area contributed by atoms with E-state index in [1.807, 2.05) is 63.2 Å². The molecule has 0 heterocycles. The molecule has 0 amide bonds. The summed E-state index contributed by atoms with van der Waals surface area (Å²) in [6, 6.07) is 11.5. The van der Waals surface area contributed by atoms with Crippen molar-refractivity contribution in [2.24, 2.45) is 0 Å². The normalized spacial score (nSPS) is 10.5. The van der Waals surface area contributed by atoms with Crippen LogP contribution in [0.2, 0.25) is 0 Å². The van der Waals surface area contributed by atoms with Crippen LogP contribution in [-0.2, 0) is 4.79 Å². The zero-order chi connectivity index (χ0) is 21.2. The minimum atomic E-state index is -0.0348. The van der Waals surface area contributed by atoms with Gasteiger partial charge in [-0.2, -0.15) is 0 Å². The lowest BCUT2D eigenvalue weighted by molar-refractivity contribution is -0.113. The number of anilines is 1. The van der Waals surface area contributed by atoms with E-state index in [9.17, 15) is 4.79 Å². The fourth-order valence-electron chi connectivity index (χ4n) is 2.54. The summed E-state index contributed by atoms with van der Waals surface area (Å²) in [6.45, 7) is 6.69. The summed E-state index contributed by atoms with van der Waals surface area (Å²) >= 11 is 0. The molecule has 5 nitrogen and oxygen atoms in total. The standard InChI is InChI=1S/C24H29NO4/c1-17(2)12-13-29-24-22(27-4)14-19(15-23(24)28-5)8-11-21(26)16-25-20-9-6-18(3)7-10-20/h6-12,14-15,25H,13,16H2,1-5H3/b11-8+. The second-order valence-corrected chi connectivity index (χ2v) is 6.87. The molecule has 154 valence electrons. The predicted octanol–water partition coefficient (Wildman–Crippen LogP) is 5.05. The van der Waals surface area contributed by atoms with E-state index in [0.29, 0.717) is 23.9 Å². The summed E-state index contributed by atoms with van der Waals surface area (Å²) in [4.78, 5) is 12.2. The molecule has 0 aliphatic rings. The van der Waals surface area contributed by atoms with Crippen molar-refractivity contribution >= 4 is 17.5 Å². The lowest BCUT2D eigenvalue weighted by Gasteiger charge is -2.14. The van der Waals surface area contributed by atoms with Gasteiger partial charge < -0.3 is 19.5 Å². The van der Waals surface area contributed by atoms with Gasteiger partial charge in [0.1, 0.15) is 6.61 Å². The van der Waals surface area contributed by atoms with Crippen molar-refractivity contribution in [3.05, 3.63) is 65.3 Å². The van der Waals surface area contributed by atoms with Gasteiger partial charge in [-0.15, -0.1) is 0 Å².